The Morgan fingerprint density at radius 3 is 2.40 bits per heavy atom. The van der Waals surface area contributed by atoms with Gasteiger partial charge in [-0.1, -0.05) is 0 Å². The summed E-state index contributed by atoms with van der Waals surface area (Å²) in [5.41, 5.74) is 5.02. The van der Waals surface area contributed by atoms with Crippen molar-refractivity contribution in [2.24, 2.45) is 6.98 Å². The minimum Gasteiger partial charge on any atom is -0.392 e. The predicted molar refractivity (Wildman–Crippen MR) is 266 cm³/mol. The highest BCUT2D eigenvalue weighted by molar-refractivity contribution is 7.14. The molecule has 0 bridgehead atoms. The summed E-state index contributed by atoms with van der Waals surface area (Å²) in [6.07, 6.45) is 11.3. The highest BCUT2D eigenvalue weighted by Crippen LogP contribution is 2.41. The molecular weight excluding hydrogens is 909 g/mol. The van der Waals surface area contributed by atoms with E-state index in [1.807, 2.05) is 12.1 Å². The summed E-state index contributed by atoms with van der Waals surface area (Å²) in [7, 11) is 0. The second-order valence-corrected chi connectivity index (χ2v) is 20.4. The van der Waals surface area contributed by atoms with Crippen molar-refractivity contribution in [3.8, 4) is 11.1 Å². The molecule has 3 N–H and O–H groups in total. The maximum atomic E-state index is 14.1. The number of rotatable bonds is 9. The SMILES string of the molecule is [2H]C([2H])([2H])n1cc(-c2ccnc(N3CCc4c(sc5c4CCCC5)C3=O)c2CO)cc(Nc2ccc(N3CCN([C@@H]4CCN(c5ccc6c(c5)C(=O)N([C@H]5CCC(=O)NC5=O)C6=O)[C@@H](C)C4)C[C@@H]3C)cn2)c1=O. The summed E-state index contributed by atoms with van der Waals surface area (Å²) >= 11 is 1.56. The second-order valence-electron chi connectivity index (χ2n) is 19.3. The minimum atomic E-state index is -2.83. The van der Waals surface area contributed by atoms with Gasteiger partial charge in [-0.15, -0.1) is 11.3 Å². The Labute approximate surface area is 413 Å². The van der Waals surface area contributed by atoms with E-state index in [9.17, 15) is 33.9 Å². The van der Waals surface area contributed by atoms with E-state index in [1.165, 1.54) is 22.8 Å². The number of imide groups is 2. The molecule has 4 aromatic heterocycles. The van der Waals surface area contributed by atoms with E-state index in [1.54, 1.807) is 52.8 Å². The fraction of sp³-hybridized carbons (Fsp3) is 0.423. The number of aryl methyl sites for hydroxylation is 2. The molecule has 18 heteroatoms. The number of thiophene rings is 1. The number of piperidine rings is 2. The fourth-order valence-corrected chi connectivity index (χ4v) is 13.0. The van der Waals surface area contributed by atoms with Crippen molar-refractivity contribution in [3.63, 3.8) is 0 Å². The second kappa shape index (κ2) is 18.2. The van der Waals surface area contributed by atoms with E-state index in [0.29, 0.717) is 51.9 Å². The molecule has 0 spiro atoms. The maximum absolute atomic E-state index is 14.1. The average Bonchev–Trinajstić information content (AvgIpc) is 3.88. The first-order valence-corrected chi connectivity index (χ1v) is 25.1. The van der Waals surface area contributed by atoms with Gasteiger partial charge in [0, 0.05) is 102 Å². The zero-order valence-electron chi connectivity index (χ0n) is 42.1. The van der Waals surface area contributed by atoms with Crippen molar-refractivity contribution in [2.75, 3.05) is 52.7 Å². The molecule has 3 fully saturated rings. The van der Waals surface area contributed by atoms with Crippen LogP contribution in [-0.2, 0) is 42.4 Å². The van der Waals surface area contributed by atoms with E-state index in [4.69, 9.17) is 4.11 Å². The number of carbonyl (C=O) groups is 5. The molecule has 5 aliphatic heterocycles. The molecule has 17 nitrogen and oxygen atoms in total. The van der Waals surface area contributed by atoms with Gasteiger partial charge in [0.2, 0.25) is 11.8 Å². The average molecular weight is 968 g/mol. The van der Waals surface area contributed by atoms with Crippen LogP contribution in [-0.4, -0.2) is 116 Å². The van der Waals surface area contributed by atoms with Gasteiger partial charge in [0.05, 0.1) is 34.5 Å². The summed E-state index contributed by atoms with van der Waals surface area (Å²) in [6.45, 7) is 4.57. The van der Waals surface area contributed by atoms with Gasteiger partial charge < -0.3 is 24.8 Å². The highest BCUT2D eigenvalue weighted by Gasteiger charge is 2.45. The molecule has 1 aliphatic carbocycles. The number of benzene rings is 1. The maximum Gasteiger partial charge on any atom is 0.274 e. The lowest BCUT2D eigenvalue weighted by molar-refractivity contribution is -0.136. The molecule has 9 heterocycles. The van der Waals surface area contributed by atoms with Crippen LogP contribution < -0.4 is 30.9 Å². The monoisotopic (exact) mass is 967 g/mol. The number of aromatic nitrogens is 3. The number of hydrogen-bond acceptors (Lipinski definition) is 14. The van der Waals surface area contributed by atoms with Crippen molar-refractivity contribution in [2.45, 2.75) is 102 Å². The van der Waals surface area contributed by atoms with Crippen LogP contribution in [0.25, 0.3) is 11.1 Å². The first-order valence-electron chi connectivity index (χ1n) is 25.8. The third-order valence-corrected chi connectivity index (χ3v) is 16.5. The van der Waals surface area contributed by atoms with Crippen molar-refractivity contribution in [3.05, 3.63) is 109 Å². The molecule has 0 saturated carbocycles. The number of hydrogen-bond donors (Lipinski definition) is 3. The zero-order valence-corrected chi connectivity index (χ0v) is 39.9. The summed E-state index contributed by atoms with van der Waals surface area (Å²) in [4.78, 5) is 100.0. The lowest BCUT2D eigenvalue weighted by Gasteiger charge is -2.48. The number of anilines is 5. The topological polar surface area (TPSA) is 194 Å². The van der Waals surface area contributed by atoms with Crippen LogP contribution in [0.1, 0.15) is 108 Å². The molecule has 70 heavy (non-hydrogen) atoms. The van der Waals surface area contributed by atoms with Crippen LogP contribution in [0.5, 0.6) is 0 Å². The molecule has 362 valence electrons. The molecule has 6 aliphatic rings. The van der Waals surface area contributed by atoms with Gasteiger partial charge in [0.25, 0.3) is 23.3 Å². The van der Waals surface area contributed by atoms with Gasteiger partial charge in [-0.05, 0) is 124 Å². The largest absolute Gasteiger partial charge is 0.392 e. The zero-order chi connectivity index (χ0) is 51.0. The van der Waals surface area contributed by atoms with Gasteiger partial charge in [-0.3, -0.25) is 48.8 Å². The van der Waals surface area contributed by atoms with Crippen molar-refractivity contribution in [1.82, 2.24) is 29.7 Å². The molecule has 0 unspecified atom stereocenters. The van der Waals surface area contributed by atoms with E-state index < -0.39 is 48.8 Å². The molecule has 1 aromatic carbocycles. The number of pyridine rings is 3. The molecule has 11 rings (SSSR count). The summed E-state index contributed by atoms with van der Waals surface area (Å²) < 4.78 is 25.5. The van der Waals surface area contributed by atoms with Crippen LogP contribution in [0.4, 0.5) is 28.7 Å². The van der Waals surface area contributed by atoms with E-state index in [2.05, 4.69) is 49.1 Å². The van der Waals surface area contributed by atoms with Crippen molar-refractivity contribution < 1.29 is 33.2 Å². The van der Waals surface area contributed by atoms with Crippen LogP contribution in [0.2, 0.25) is 0 Å². The highest BCUT2D eigenvalue weighted by atomic mass is 32.1. The van der Waals surface area contributed by atoms with Crippen LogP contribution in [0.15, 0.2) is 65.8 Å². The van der Waals surface area contributed by atoms with E-state index in [-0.39, 0.29) is 47.6 Å². The minimum absolute atomic E-state index is 0.0302. The molecule has 5 aromatic rings. The Hall–Kier alpha value is -6.76. The predicted octanol–water partition coefficient (Wildman–Crippen LogP) is 5.19. The Balaban J connectivity index is 0.752. The quantitative estimate of drug-likeness (QED) is 0.164. The number of aliphatic hydroxyl groups is 1. The van der Waals surface area contributed by atoms with Gasteiger partial charge in [0.1, 0.15) is 23.4 Å². The Morgan fingerprint density at radius 2 is 1.63 bits per heavy atom. The smallest absolute Gasteiger partial charge is 0.274 e. The Kier molecular flexibility index (Phi) is 11.0. The summed E-state index contributed by atoms with van der Waals surface area (Å²) in [5.74, 6) is -1.62. The number of nitrogens with one attached hydrogen (secondary N) is 2. The number of aliphatic hydroxyl groups excluding tert-OH is 1. The van der Waals surface area contributed by atoms with Crippen molar-refractivity contribution in [1.29, 1.82) is 0 Å². The molecule has 5 amide bonds. The number of fused-ring (bicyclic) bond motifs is 4. The first kappa shape index (κ1) is 42.1. The first-order chi connectivity index (χ1) is 35.1. The number of amides is 5. The Bertz CT molecular complexity index is 3160. The van der Waals surface area contributed by atoms with E-state index >= 15 is 0 Å². The third-order valence-electron chi connectivity index (χ3n) is 15.2. The molecular formula is C52H56N10O7S. The third kappa shape index (κ3) is 7.95. The normalized spacial score (nSPS) is 23.6. The standard InChI is InChI=1S/C52H56N10O7S/c1-29-22-32(15-18-59(29)33-8-10-38-39(24-33)50(67)62(49(38)66)42-11-13-45(64)56-48(42)65)58-20-21-60(30(2)26-58)34-9-12-44(54-25-34)55-41-23-31(27-57(3)51(41)68)35-14-17-53-47(40(35)28-63)61-19-16-37-36-6-4-5-7-43(36)70-46(37)52(61)69/h8-10,12,14,17,23-25,27,29-30,32,42,63H,4-7,11,13,15-16,18-22,26,28H2,1-3H3,(H,54,55)(H,56,64,65)/t29-,30-,32+,42-/m0/s1/i3D3. The van der Waals surface area contributed by atoms with Gasteiger partial charge >= 0.3 is 0 Å². The summed E-state index contributed by atoms with van der Waals surface area (Å²) in [5, 5.41) is 16.2. The summed E-state index contributed by atoms with van der Waals surface area (Å²) in [6, 6.07) is 11.8. The Morgan fingerprint density at radius 1 is 0.814 bits per heavy atom. The van der Waals surface area contributed by atoms with Crippen LogP contribution in [0, 0.1) is 0 Å². The lowest BCUT2D eigenvalue weighted by Crippen LogP contribution is -2.58. The van der Waals surface area contributed by atoms with Crippen LogP contribution in [0.3, 0.4) is 0 Å². The van der Waals surface area contributed by atoms with Crippen molar-refractivity contribution >= 4 is 69.6 Å². The van der Waals surface area contributed by atoms with E-state index in [0.717, 1.165) is 91.4 Å². The fourth-order valence-electron chi connectivity index (χ4n) is 11.6. The molecule has 0 radical (unpaired) electrons. The van der Waals surface area contributed by atoms with Gasteiger partial charge in [0.15, 0.2) is 0 Å². The number of nitrogens with zero attached hydrogens (tertiary/aromatic N) is 8. The van der Waals surface area contributed by atoms with Gasteiger partial charge in [-0.25, -0.2) is 9.97 Å². The number of piperazine rings is 1. The van der Waals surface area contributed by atoms with Crippen LogP contribution >= 0.6 is 11.3 Å². The lowest BCUT2D eigenvalue weighted by atomic mass is 9.92. The molecule has 4 atom stereocenters. The van der Waals surface area contributed by atoms with Gasteiger partial charge in [-0.2, -0.15) is 0 Å². The number of carbonyl (C=O) groups excluding carboxylic acids is 5. The molecule has 3 saturated heterocycles.